The molecule has 7 nitrogen and oxygen atoms in total. The van der Waals surface area contributed by atoms with Crippen molar-refractivity contribution in [2.75, 3.05) is 32.8 Å². The Morgan fingerprint density at radius 1 is 0.875 bits per heavy atom. The van der Waals surface area contributed by atoms with Crippen molar-refractivity contribution < 1.29 is 23.9 Å². The van der Waals surface area contributed by atoms with Crippen LogP contribution in [0.2, 0.25) is 0 Å². The van der Waals surface area contributed by atoms with Gasteiger partial charge in [0.25, 0.3) is 5.91 Å². The molecule has 1 fully saturated rings. The molecule has 0 aromatic heterocycles. The molecule has 1 heterocycles. The predicted octanol–water partition coefficient (Wildman–Crippen LogP) is 3.84. The minimum atomic E-state index is -0.772. The summed E-state index contributed by atoms with van der Waals surface area (Å²) in [5.41, 5.74) is 2.88. The molecule has 2 aromatic rings. The summed E-state index contributed by atoms with van der Waals surface area (Å²) >= 11 is 0. The fourth-order valence-electron chi connectivity index (χ4n) is 3.63. The highest BCUT2D eigenvalue weighted by Gasteiger charge is 2.23. The summed E-state index contributed by atoms with van der Waals surface area (Å²) in [5.74, 6) is 0.350. The maximum Gasteiger partial charge on any atom is 0.513 e. The minimum Gasteiger partial charge on any atom is -0.434 e. The summed E-state index contributed by atoms with van der Waals surface area (Å²) in [7, 11) is 0. The highest BCUT2D eigenvalue weighted by molar-refractivity contribution is 5.94. The van der Waals surface area contributed by atoms with Gasteiger partial charge in [-0.1, -0.05) is 29.8 Å². The van der Waals surface area contributed by atoms with E-state index in [1.54, 1.807) is 36.1 Å². The van der Waals surface area contributed by atoms with E-state index in [4.69, 9.17) is 9.47 Å². The number of aryl methyl sites for hydroxylation is 2. The lowest BCUT2D eigenvalue weighted by molar-refractivity contribution is -0.131. The van der Waals surface area contributed by atoms with E-state index < -0.39 is 6.16 Å². The highest BCUT2D eigenvalue weighted by Crippen LogP contribution is 2.16. The summed E-state index contributed by atoms with van der Waals surface area (Å²) in [6.07, 6.45) is 1.16. The van der Waals surface area contributed by atoms with Gasteiger partial charge >= 0.3 is 6.16 Å². The first-order valence-corrected chi connectivity index (χ1v) is 11.0. The molecule has 0 unspecified atom stereocenters. The smallest absolute Gasteiger partial charge is 0.434 e. The molecular weight excluding hydrogens is 408 g/mol. The van der Waals surface area contributed by atoms with Crippen molar-refractivity contribution in [2.45, 2.75) is 33.1 Å². The Hall–Kier alpha value is -3.35. The van der Waals surface area contributed by atoms with Crippen LogP contribution in [0.1, 0.15) is 41.3 Å². The van der Waals surface area contributed by atoms with Gasteiger partial charge < -0.3 is 19.3 Å². The van der Waals surface area contributed by atoms with Crippen molar-refractivity contribution in [1.82, 2.24) is 9.80 Å². The van der Waals surface area contributed by atoms with Gasteiger partial charge in [0.15, 0.2) is 0 Å². The van der Waals surface area contributed by atoms with Crippen LogP contribution >= 0.6 is 0 Å². The molecule has 170 valence electrons. The Kier molecular flexibility index (Phi) is 8.25. The van der Waals surface area contributed by atoms with Crippen LogP contribution in [0, 0.1) is 6.92 Å². The van der Waals surface area contributed by atoms with E-state index in [-0.39, 0.29) is 18.4 Å². The van der Waals surface area contributed by atoms with E-state index in [0.29, 0.717) is 43.9 Å². The largest absolute Gasteiger partial charge is 0.513 e. The van der Waals surface area contributed by atoms with Crippen molar-refractivity contribution in [3.63, 3.8) is 0 Å². The van der Waals surface area contributed by atoms with Gasteiger partial charge in [-0.15, -0.1) is 0 Å². The molecular formula is C25H30N2O5. The van der Waals surface area contributed by atoms with Gasteiger partial charge in [-0.05, 0) is 56.5 Å². The van der Waals surface area contributed by atoms with E-state index in [1.165, 1.54) is 5.56 Å². The van der Waals surface area contributed by atoms with Crippen molar-refractivity contribution in [3.05, 3.63) is 65.2 Å². The number of benzene rings is 2. The van der Waals surface area contributed by atoms with Crippen molar-refractivity contribution in [1.29, 1.82) is 0 Å². The molecule has 0 bridgehead atoms. The summed E-state index contributed by atoms with van der Waals surface area (Å²) in [6.45, 7) is 6.26. The molecule has 1 aliphatic heterocycles. The highest BCUT2D eigenvalue weighted by atomic mass is 16.7. The summed E-state index contributed by atoms with van der Waals surface area (Å²) in [6, 6.07) is 14.7. The van der Waals surface area contributed by atoms with E-state index in [9.17, 15) is 14.4 Å². The molecule has 0 atom stereocenters. The Labute approximate surface area is 188 Å². The van der Waals surface area contributed by atoms with Crippen LogP contribution in [-0.2, 0) is 16.0 Å². The number of hydrogen-bond donors (Lipinski definition) is 0. The van der Waals surface area contributed by atoms with Crippen LogP contribution in [-0.4, -0.2) is 60.6 Å². The second-order valence-electron chi connectivity index (χ2n) is 7.82. The first kappa shape index (κ1) is 23.3. The third kappa shape index (κ3) is 6.57. The van der Waals surface area contributed by atoms with E-state index in [1.807, 2.05) is 11.8 Å². The zero-order chi connectivity index (χ0) is 22.9. The number of rotatable bonds is 6. The summed E-state index contributed by atoms with van der Waals surface area (Å²) < 4.78 is 9.77. The van der Waals surface area contributed by atoms with Gasteiger partial charge in [-0.3, -0.25) is 9.59 Å². The summed E-state index contributed by atoms with van der Waals surface area (Å²) in [5, 5.41) is 0. The van der Waals surface area contributed by atoms with Crippen LogP contribution in [0.3, 0.4) is 0 Å². The second kappa shape index (κ2) is 11.3. The molecule has 0 spiro atoms. The fourth-order valence-corrected chi connectivity index (χ4v) is 3.63. The van der Waals surface area contributed by atoms with Crippen LogP contribution in [0.15, 0.2) is 48.5 Å². The molecule has 0 aliphatic carbocycles. The quantitative estimate of drug-likeness (QED) is 0.506. The Morgan fingerprint density at radius 2 is 1.53 bits per heavy atom. The molecule has 0 radical (unpaired) electrons. The van der Waals surface area contributed by atoms with E-state index >= 15 is 0 Å². The monoisotopic (exact) mass is 438 g/mol. The van der Waals surface area contributed by atoms with Crippen LogP contribution in [0.25, 0.3) is 0 Å². The minimum absolute atomic E-state index is 0.0957. The van der Waals surface area contributed by atoms with Crippen LogP contribution in [0.5, 0.6) is 5.75 Å². The van der Waals surface area contributed by atoms with Gasteiger partial charge in [0, 0.05) is 38.2 Å². The maximum atomic E-state index is 12.9. The molecule has 1 aliphatic rings. The Morgan fingerprint density at radius 3 is 2.22 bits per heavy atom. The standard InChI is InChI=1S/C25H30N2O5/c1-3-31-25(30)32-22-12-10-21(11-13-22)24(29)27-16-4-15-26(17-18-27)23(28)14-9-20-7-5-19(2)6-8-20/h5-8,10-13H,3-4,9,14-18H2,1-2H3. The second-order valence-corrected chi connectivity index (χ2v) is 7.82. The SMILES string of the molecule is CCOC(=O)Oc1ccc(C(=O)N2CCCN(C(=O)CCc3ccc(C)cc3)CC2)cc1. The molecule has 1 saturated heterocycles. The average molecular weight is 439 g/mol. The average Bonchev–Trinajstić information content (AvgIpc) is 3.05. The van der Waals surface area contributed by atoms with Crippen molar-refractivity contribution in [3.8, 4) is 5.75 Å². The molecule has 0 saturated carbocycles. The Bertz CT molecular complexity index is 924. The van der Waals surface area contributed by atoms with Gasteiger partial charge in [0.1, 0.15) is 5.75 Å². The number of ether oxygens (including phenoxy) is 2. The van der Waals surface area contributed by atoms with Gasteiger partial charge in [0.2, 0.25) is 5.91 Å². The number of carbonyl (C=O) groups excluding carboxylic acids is 3. The lowest BCUT2D eigenvalue weighted by Crippen LogP contribution is -2.37. The van der Waals surface area contributed by atoms with Crippen LogP contribution in [0.4, 0.5) is 4.79 Å². The third-order valence-corrected chi connectivity index (χ3v) is 5.45. The van der Waals surface area contributed by atoms with Gasteiger partial charge in [-0.2, -0.15) is 0 Å². The first-order chi connectivity index (χ1) is 15.5. The molecule has 7 heteroatoms. The summed E-state index contributed by atoms with van der Waals surface area (Å²) in [4.78, 5) is 40.6. The number of nitrogens with zero attached hydrogens (tertiary/aromatic N) is 2. The number of hydrogen-bond acceptors (Lipinski definition) is 5. The van der Waals surface area contributed by atoms with Crippen LogP contribution < -0.4 is 4.74 Å². The maximum absolute atomic E-state index is 12.9. The van der Waals surface area contributed by atoms with Crippen molar-refractivity contribution >= 4 is 18.0 Å². The number of amides is 2. The zero-order valence-corrected chi connectivity index (χ0v) is 18.7. The molecule has 0 N–H and O–H groups in total. The predicted molar refractivity (Wildman–Crippen MR) is 121 cm³/mol. The van der Waals surface area contributed by atoms with E-state index in [0.717, 1.165) is 18.4 Å². The first-order valence-electron chi connectivity index (χ1n) is 11.0. The molecule has 3 rings (SSSR count). The third-order valence-electron chi connectivity index (χ3n) is 5.45. The molecule has 32 heavy (non-hydrogen) atoms. The topological polar surface area (TPSA) is 76.2 Å². The molecule has 2 aromatic carbocycles. The lowest BCUT2D eigenvalue weighted by Gasteiger charge is -2.22. The fraction of sp³-hybridized carbons (Fsp3) is 0.400. The number of carbonyl (C=O) groups is 3. The van der Waals surface area contributed by atoms with Gasteiger partial charge in [-0.25, -0.2) is 4.79 Å². The zero-order valence-electron chi connectivity index (χ0n) is 18.7. The normalized spacial score (nSPS) is 13.9. The van der Waals surface area contributed by atoms with Crippen molar-refractivity contribution in [2.24, 2.45) is 0 Å². The lowest BCUT2D eigenvalue weighted by atomic mass is 10.1. The van der Waals surface area contributed by atoms with E-state index in [2.05, 4.69) is 24.3 Å². The molecule has 2 amide bonds. The van der Waals surface area contributed by atoms with Gasteiger partial charge in [0.05, 0.1) is 6.61 Å². The Balaban J connectivity index is 1.50.